The lowest BCUT2D eigenvalue weighted by atomic mass is 10.2. The van der Waals surface area contributed by atoms with Gasteiger partial charge in [0.1, 0.15) is 0 Å². The third-order valence-electron chi connectivity index (χ3n) is 3.56. The highest BCUT2D eigenvalue weighted by Crippen LogP contribution is 2.05. The Balaban J connectivity index is 2.05. The molecule has 2 N–H and O–H groups in total. The number of ether oxygens (including phenoxy) is 1. The summed E-state index contributed by atoms with van der Waals surface area (Å²) in [6.07, 6.45) is 4.10. The van der Waals surface area contributed by atoms with Gasteiger partial charge in [0.2, 0.25) is 0 Å². The molecule has 1 unspecified atom stereocenters. The average molecular weight is 243 g/mol. The molecule has 0 aromatic rings. The molecule has 0 radical (unpaired) electrons. The van der Waals surface area contributed by atoms with Crippen LogP contribution < -0.4 is 5.73 Å². The molecule has 0 aromatic heterocycles. The van der Waals surface area contributed by atoms with Crippen LogP contribution in [0.3, 0.4) is 0 Å². The Kier molecular flexibility index (Phi) is 7.77. The van der Waals surface area contributed by atoms with Crippen LogP contribution >= 0.6 is 0 Å². The first-order valence-electron chi connectivity index (χ1n) is 6.94. The molecule has 1 heterocycles. The molecule has 0 aliphatic carbocycles. The van der Waals surface area contributed by atoms with Crippen LogP contribution in [0.1, 0.15) is 26.2 Å². The third kappa shape index (κ3) is 6.36. The lowest BCUT2D eigenvalue weighted by Gasteiger charge is -2.35. The van der Waals surface area contributed by atoms with E-state index in [1.807, 2.05) is 0 Å². The van der Waals surface area contributed by atoms with Crippen molar-refractivity contribution in [3.8, 4) is 0 Å². The molecular weight excluding hydrogens is 214 g/mol. The Labute approximate surface area is 106 Å². The maximum absolute atomic E-state index is 5.49. The minimum absolute atomic E-state index is 0.353. The summed E-state index contributed by atoms with van der Waals surface area (Å²) < 4.78 is 5.30. The number of hydrogen-bond donors (Lipinski definition) is 1. The molecule has 1 aliphatic rings. The number of rotatable bonds is 8. The van der Waals surface area contributed by atoms with Crippen molar-refractivity contribution < 1.29 is 4.74 Å². The summed E-state index contributed by atoms with van der Waals surface area (Å²) in [7, 11) is 1.79. The first-order chi connectivity index (χ1) is 8.26. The van der Waals surface area contributed by atoms with Crippen molar-refractivity contribution in [3.63, 3.8) is 0 Å². The van der Waals surface area contributed by atoms with E-state index >= 15 is 0 Å². The van der Waals surface area contributed by atoms with E-state index in [-0.39, 0.29) is 0 Å². The molecule has 0 spiro atoms. The van der Waals surface area contributed by atoms with Gasteiger partial charge in [-0.25, -0.2) is 0 Å². The summed E-state index contributed by atoms with van der Waals surface area (Å²) >= 11 is 0. The van der Waals surface area contributed by atoms with Gasteiger partial charge in [0.25, 0.3) is 0 Å². The second kappa shape index (κ2) is 8.86. The zero-order chi connectivity index (χ0) is 12.5. The van der Waals surface area contributed by atoms with Crippen LogP contribution in [0.15, 0.2) is 0 Å². The van der Waals surface area contributed by atoms with Gasteiger partial charge in [-0.05, 0) is 32.9 Å². The molecule has 0 aromatic carbocycles. The van der Waals surface area contributed by atoms with Gasteiger partial charge in [0.05, 0.1) is 6.10 Å². The molecule has 17 heavy (non-hydrogen) atoms. The van der Waals surface area contributed by atoms with Crippen molar-refractivity contribution >= 4 is 0 Å². The predicted octanol–water partition coefficient (Wildman–Crippen LogP) is 0.768. The van der Waals surface area contributed by atoms with E-state index in [0.717, 1.165) is 13.1 Å². The van der Waals surface area contributed by atoms with E-state index in [9.17, 15) is 0 Å². The summed E-state index contributed by atoms with van der Waals surface area (Å²) in [4.78, 5) is 5.08. The maximum Gasteiger partial charge on any atom is 0.0670 e. The van der Waals surface area contributed by atoms with Gasteiger partial charge in [-0.3, -0.25) is 4.90 Å². The van der Waals surface area contributed by atoms with Gasteiger partial charge in [-0.2, -0.15) is 0 Å². The molecule has 1 fully saturated rings. The first-order valence-corrected chi connectivity index (χ1v) is 6.94. The van der Waals surface area contributed by atoms with Crippen molar-refractivity contribution in [1.29, 1.82) is 0 Å². The van der Waals surface area contributed by atoms with Crippen molar-refractivity contribution in [3.05, 3.63) is 0 Å². The number of nitrogens with two attached hydrogens (primary N) is 1. The standard InChI is InChI=1S/C13H29N3O/c1-13(17-2)12-16-10-8-15(9-11-16)7-5-3-4-6-14/h13H,3-12,14H2,1-2H3. The highest BCUT2D eigenvalue weighted by molar-refractivity contribution is 4.73. The van der Waals surface area contributed by atoms with E-state index in [2.05, 4.69) is 16.7 Å². The Morgan fingerprint density at radius 2 is 1.71 bits per heavy atom. The zero-order valence-corrected chi connectivity index (χ0v) is 11.5. The third-order valence-corrected chi connectivity index (χ3v) is 3.56. The topological polar surface area (TPSA) is 41.7 Å². The van der Waals surface area contributed by atoms with Gasteiger partial charge in [0.15, 0.2) is 0 Å². The van der Waals surface area contributed by atoms with Crippen LogP contribution in [0.25, 0.3) is 0 Å². The molecule has 102 valence electrons. The fourth-order valence-electron chi connectivity index (χ4n) is 2.29. The van der Waals surface area contributed by atoms with E-state index in [4.69, 9.17) is 10.5 Å². The fraction of sp³-hybridized carbons (Fsp3) is 1.00. The zero-order valence-electron chi connectivity index (χ0n) is 11.5. The Bertz CT molecular complexity index is 182. The molecule has 4 heteroatoms. The minimum atomic E-state index is 0.353. The van der Waals surface area contributed by atoms with Gasteiger partial charge in [-0.15, -0.1) is 0 Å². The van der Waals surface area contributed by atoms with Gasteiger partial charge in [-0.1, -0.05) is 6.42 Å². The highest BCUT2D eigenvalue weighted by atomic mass is 16.5. The van der Waals surface area contributed by atoms with Crippen molar-refractivity contribution in [2.24, 2.45) is 5.73 Å². The van der Waals surface area contributed by atoms with E-state index in [1.54, 1.807) is 7.11 Å². The summed E-state index contributed by atoms with van der Waals surface area (Å²) in [6.45, 7) is 10.1. The van der Waals surface area contributed by atoms with Crippen LogP contribution in [0.4, 0.5) is 0 Å². The minimum Gasteiger partial charge on any atom is -0.380 e. The second-order valence-electron chi connectivity index (χ2n) is 5.04. The predicted molar refractivity (Wildman–Crippen MR) is 72.3 cm³/mol. The van der Waals surface area contributed by atoms with Gasteiger partial charge < -0.3 is 15.4 Å². The molecule has 4 nitrogen and oxygen atoms in total. The molecular formula is C13H29N3O. The number of piperazine rings is 1. The molecule has 1 aliphatic heterocycles. The van der Waals surface area contributed by atoms with Crippen LogP contribution in [0.5, 0.6) is 0 Å². The van der Waals surface area contributed by atoms with E-state index in [1.165, 1.54) is 52.0 Å². The molecule has 1 atom stereocenters. The summed E-state index contributed by atoms with van der Waals surface area (Å²) in [5.74, 6) is 0. The second-order valence-corrected chi connectivity index (χ2v) is 5.04. The molecule has 1 saturated heterocycles. The number of methoxy groups -OCH3 is 1. The van der Waals surface area contributed by atoms with Crippen LogP contribution in [-0.2, 0) is 4.74 Å². The van der Waals surface area contributed by atoms with Crippen LogP contribution in [0, 0.1) is 0 Å². The van der Waals surface area contributed by atoms with Crippen LogP contribution in [0.2, 0.25) is 0 Å². The SMILES string of the molecule is COC(C)CN1CCN(CCCCCN)CC1. The van der Waals surface area contributed by atoms with Crippen molar-refractivity contribution in [1.82, 2.24) is 9.80 Å². The monoisotopic (exact) mass is 243 g/mol. The molecule has 0 saturated carbocycles. The van der Waals surface area contributed by atoms with Gasteiger partial charge >= 0.3 is 0 Å². The van der Waals surface area contributed by atoms with Crippen molar-refractivity contribution in [2.45, 2.75) is 32.3 Å². The Morgan fingerprint density at radius 1 is 1.06 bits per heavy atom. The maximum atomic E-state index is 5.49. The fourth-order valence-corrected chi connectivity index (χ4v) is 2.29. The quantitative estimate of drug-likeness (QED) is 0.639. The normalized spacial score (nSPS) is 20.6. The number of unbranched alkanes of at least 4 members (excludes halogenated alkanes) is 2. The van der Waals surface area contributed by atoms with Crippen LogP contribution in [-0.4, -0.2) is 68.8 Å². The molecule has 0 amide bonds. The number of hydrogen-bond acceptors (Lipinski definition) is 4. The molecule has 0 bridgehead atoms. The summed E-state index contributed by atoms with van der Waals surface area (Å²) in [6, 6.07) is 0. The van der Waals surface area contributed by atoms with E-state index in [0.29, 0.717) is 6.10 Å². The van der Waals surface area contributed by atoms with Gasteiger partial charge in [0, 0.05) is 39.8 Å². The highest BCUT2D eigenvalue weighted by Gasteiger charge is 2.17. The van der Waals surface area contributed by atoms with E-state index < -0.39 is 0 Å². The smallest absolute Gasteiger partial charge is 0.0670 e. The lowest BCUT2D eigenvalue weighted by Crippen LogP contribution is -2.48. The molecule has 1 rings (SSSR count). The largest absolute Gasteiger partial charge is 0.380 e. The summed E-state index contributed by atoms with van der Waals surface area (Å²) in [5.41, 5.74) is 5.49. The first kappa shape index (κ1) is 14.9. The van der Waals surface area contributed by atoms with Crippen molar-refractivity contribution in [2.75, 3.05) is 52.9 Å². The Morgan fingerprint density at radius 3 is 2.29 bits per heavy atom. The average Bonchev–Trinajstić information content (AvgIpc) is 2.36. The number of nitrogens with zero attached hydrogens (tertiary/aromatic N) is 2. The Hall–Kier alpha value is -0.160. The summed E-state index contributed by atoms with van der Waals surface area (Å²) in [5, 5.41) is 0. The lowest BCUT2D eigenvalue weighted by molar-refractivity contribution is 0.0522.